The molecule has 182 valence electrons. The quantitative estimate of drug-likeness (QED) is 0.421. The third kappa shape index (κ3) is 6.59. The first-order chi connectivity index (χ1) is 16.4. The van der Waals surface area contributed by atoms with E-state index in [1.165, 1.54) is 11.1 Å². The highest BCUT2D eigenvalue weighted by Crippen LogP contribution is 2.44. The summed E-state index contributed by atoms with van der Waals surface area (Å²) < 4.78 is 5.52. The van der Waals surface area contributed by atoms with Gasteiger partial charge in [0, 0.05) is 24.4 Å². The highest BCUT2D eigenvalue weighted by atomic mass is 16.5. The van der Waals surface area contributed by atoms with E-state index in [2.05, 4.69) is 34.9 Å². The van der Waals surface area contributed by atoms with E-state index in [9.17, 15) is 14.4 Å². The number of hydrogen-bond donors (Lipinski definition) is 3. The van der Waals surface area contributed by atoms with Crippen molar-refractivity contribution in [3.05, 3.63) is 59.7 Å². The van der Waals surface area contributed by atoms with Gasteiger partial charge in [-0.3, -0.25) is 9.59 Å². The lowest BCUT2D eigenvalue weighted by Gasteiger charge is -2.20. The molecule has 0 fully saturated rings. The lowest BCUT2D eigenvalue weighted by molar-refractivity contribution is -0.137. The van der Waals surface area contributed by atoms with Crippen molar-refractivity contribution in [1.29, 1.82) is 0 Å². The second-order valence-electron chi connectivity index (χ2n) is 8.89. The van der Waals surface area contributed by atoms with E-state index in [4.69, 9.17) is 9.84 Å². The maximum absolute atomic E-state index is 12.5. The highest BCUT2D eigenvalue weighted by molar-refractivity contribution is 5.80. The largest absolute Gasteiger partial charge is 0.481 e. The van der Waals surface area contributed by atoms with Crippen LogP contribution in [-0.4, -0.2) is 42.3 Å². The second-order valence-corrected chi connectivity index (χ2v) is 8.89. The molecular formula is C27H34N2O5. The molecule has 2 aromatic rings. The molecule has 2 amide bonds. The number of alkyl carbamates (subject to hydrolysis) is 1. The van der Waals surface area contributed by atoms with E-state index in [-0.39, 0.29) is 36.8 Å². The van der Waals surface area contributed by atoms with Crippen molar-refractivity contribution < 1.29 is 24.2 Å². The zero-order valence-electron chi connectivity index (χ0n) is 19.9. The van der Waals surface area contributed by atoms with Gasteiger partial charge in [0.25, 0.3) is 0 Å². The number of rotatable bonds is 12. The molecule has 0 aliphatic heterocycles. The summed E-state index contributed by atoms with van der Waals surface area (Å²) in [5, 5.41) is 14.6. The molecule has 3 N–H and O–H groups in total. The van der Waals surface area contributed by atoms with E-state index < -0.39 is 12.1 Å². The van der Waals surface area contributed by atoms with Crippen molar-refractivity contribution >= 4 is 18.0 Å². The van der Waals surface area contributed by atoms with Crippen LogP contribution in [0.3, 0.4) is 0 Å². The maximum atomic E-state index is 12.5. The summed E-state index contributed by atoms with van der Waals surface area (Å²) in [5.74, 6) is -1.48. The van der Waals surface area contributed by atoms with Gasteiger partial charge < -0.3 is 20.5 Å². The zero-order valence-corrected chi connectivity index (χ0v) is 19.9. The van der Waals surface area contributed by atoms with E-state index >= 15 is 0 Å². The monoisotopic (exact) mass is 466 g/mol. The Morgan fingerprint density at radius 2 is 1.62 bits per heavy atom. The lowest BCUT2D eigenvalue weighted by Crippen LogP contribution is -2.40. The SMILES string of the molecule is CCCC[C@@H](CC(=O)O)NC(=O)C(C)CCNC(=O)OCC1c2ccccc2-c2ccccc21. The Morgan fingerprint density at radius 3 is 2.21 bits per heavy atom. The summed E-state index contributed by atoms with van der Waals surface area (Å²) in [6, 6.07) is 15.9. The first-order valence-corrected chi connectivity index (χ1v) is 12.0. The molecule has 7 nitrogen and oxygen atoms in total. The van der Waals surface area contributed by atoms with Crippen molar-refractivity contribution in [2.24, 2.45) is 5.92 Å². The third-order valence-electron chi connectivity index (χ3n) is 6.31. The van der Waals surface area contributed by atoms with Gasteiger partial charge in [0.1, 0.15) is 6.61 Å². The summed E-state index contributed by atoms with van der Waals surface area (Å²) in [4.78, 5) is 35.8. The van der Waals surface area contributed by atoms with Crippen molar-refractivity contribution in [2.45, 2.75) is 57.9 Å². The average Bonchev–Trinajstić information content (AvgIpc) is 3.14. The molecule has 2 atom stereocenters. The number of carbonyl (C=O) groups excluding carboxylic acids is 2. The number of ether oxygens (including phenoxy) is 1. The number of hydrogen-bond acceptors (Lipinski definition) is 4. The van der Waals surface area contributed by atoms with E-state index in [0.29, 0.717) is 19.4 Å². The summed E-state index contributed by atoms with van der Waals surface area (Å²) in [6.07, 6.45) is 2.27. The fourth-order valence-corrected chi connectivity index (χ4v) is 4.40. The molecule has 2 aromatic carbocycles. The van der Waals surface area contributed by atoms with Crippen LogP contribution < -0.4 is 10.6 Å². The molecule has 0 saturated heterocycles. The molecule has 0 radical (unpaired) electrons. The van der Waals surface area contributed by atoms with E-state index in [0.717, 1.165) is 24.0 Å². The number of unbranched alkanes of at least 4 members (excludes halogenated alkanes) is 1. The Morgan fingerprint density at radius 1 is 1.00 bits per heavy atom. The summed E-state index contributed by atoms with van der Waals surface area (Å²) in [6.45, 7) is 4.33. The smallest absolute Gasteiger partial charge is 0.407 e. The van der Waals surface area contributed by atoms with Gasteiger partial charge in [-0.1, -0.05) is 75.2 Å². The number of carbonyl (C=O) groups is 3. The summed E-state index contributed by atoms with van der Waals surface area (Å²) in [5.41, 5.74) is 4.65. The van der Waals surface area contributed by atoms with Gasteiger partial charge in [0.05, 0.1) is 6.42 Å². The molecular weight excluding hydrogens is 432 g/mol. The molecule has 34 heavy (non-hydrogen) atoms. The zero-order chi connectivity index (χ0) is 24.5. The van der Waals surface area contributed by atoms with Crippen LogP contribution in [0.5, 0.6) is 0 Å². The summed E-state index contributed by atoms with van der Waals surface area (Å²) in [7, 11) is 0. The van der Waals surface area contributed by atoms with Crippen molar-refractivity contribution in [3.8, 4) is 11.1 Å². The van der Waals surface area contributed by atoms with Crippen molar-refractivity contribution in [2.75, 3.05) is 13.2 Å². The van der Waals surface area contributed by atoms with Gasteiger partial charge in [-0.25, -0.2) is 4.79 Å². The van der Waals surface area contributed by atoms with E-state index in [1.54, 1.807) is 6.92 Å². The van der Waals surface area contributed by atoms with Gasteiger partial charge in [-0.2, -0.15) is 0 Å². The Bertz CT molecular complexity index is 961. The number of aliphatic carboxylic acids is 1. The maximum Gasteiger partial charge on any atom is 0.407 e. The van der Waals surface area contributed by atoms with Crippen LogP contribution in [0.1, 0.15) is 63.0 Å². The number of carboxylic acids is 1. The lowest BCUT2D eigenvalue weighted by atomic mass is 9.98. The van der Waals surface area contributed by atoms with E-state index in [1.807, 2.05) is 31.2 Å². The molecule has 0 aromatic heterocycles. The topological polar surface area (TPSA) is 105 Å². The molecule has 3 rings (SSSR count). The van der Waals surface area contributed by atoms with Crippen molar-refractivity contribution in [3.63, 3.8) is 0 Å². The minimum Gasteiger partial charge on any atom is -0.481 e. The Kier molecular flexibility index (Phi) is 9.08. The molecule has 1 aliphatic carbocycles. The fourth-order valence-electron chi connectivity index (χ4n) is 4.40. The Labute approximate surface area is 200 Å². The van der Waals surface area contributed by atoms with Gasteiger partial charge in [0.2, 0.25) is 5.91 Å². The molecule has 1 unspecified atom stereocenters. The Hall–Kier alpha value is -3.35. The molecule has 1 aliphatic rings. The number of fused-ring (bicyclic) bond motifs is 3. The van der Waals surface area contributed by atoms with Crippen LogP contribution >= 0.6 is 0 Å². The van der Waals surface area contributed by atoms with Crippen LogP contribution in [0.4, 0.5) is 4.79 Å². The van der Waals surface area contributed by atoms with Crippen LogP contribution in [0.15, 0.2) is 48.5 Å². The van der Waals surface area contributed by atoms with Crippen LogP contribution in [0, 0.1) is 5.92 Å². The third-order valence-corrected chi connectivity index (χ3v) is 6.31. The van der Waals surface area contributed by atoms with Gasteiger partial charge >= 0.3 is 12.1 Å². The number of carboxylic acid groups (broad SMARTS) is 1. The normalized spacial score (nSPS) is 13.9. The highest BCUT2D eigenvalue weighted by Gasteiger charge is 2.29. The minimum atomic E-state index is -0.925. The minimum absolute atomic E-state index is 0.00265. The van der Waals surface area contributed by atoms with Crippen molar-refractivity contribution in [1.82, 2.24) is 10.6 Å². The van der Waals surface area contributed by atoms with Gasteiger partial charge in [-0.05, 0) is 35.1 Å². The standard InChI is InChI=1S/C27H34N2O5/c1-3-4-9-19(16-25(30)31)29-26(32)18(2)14-15-28-27(33)34-17-24-22-12-7-5-10-20(22)21-11-6-8-13-23(21)24/h5-8,10-13,18-19,24H,3-4,9,14-17H2,1-2H3,(H,28,33)(H,29,32)(H,30,31)/t18?,19-/m0/s1. The number of amides is 2. The molecule has 0 spiro atoms. The fraction of sp³-hybridized carbons (Fsp3) is 0.444. The van der Waals surface area contributed by atoms with Crippen LogP contribution in [0.2, 0.25) is 0 Å². The summed E-state index contributed by atoms with van der Waals surface area (Å²) >= 11 is 0. The van der Waals surface area contributed by atoms with Gasteiger partial charge in [0.15, 0.2) is 0 Å². The predicted octanol–water partition coefficient (Wildman–Crippen LogP) is 4.70. The van der Waals surface area contributed by atoms with Gasteiger partial charge in [-0.15, -0.1) is 0 Å². The van der Waals surface area contributed by atoms with Crippen LogP contribution in [0.25, 0.3) is 11.1 Å². The van der Waals surface area contributed by atoms with Crippen LogP contribution in [-0.2, 0) is 14.3 Å². The predicted molar refractivity (Wildman–Crippen MR) is 131 cm³/mol. The first kappa shape index (κ1) is 25.3. The first-order valence-electron chi connectivity index (χ1n) is 12.0. The molecule has 0 bridgehead atoms. The molecule has 7 heteroatoms. The second kappa shape index (κ2) is 12.2. The number of nitrogens with one attached hydrogen (secondary N) is 2. The average molecular weight is 467 g/mol. The molecule has 0 saturated carbocycles. The Balaban J connectivity index is 1.44. The molecule has 0 heterocycles. The number of benzene rings is 2.